The molecule has 0 fully saturated rings. The number of rotatable bonds is 5. The van der Waals surface area contributed by atoms with Crippen molar-refractivity contribution >= 4 is 17.5 Å². The average Bonchev–Trinajstić information content (AvgIpc) is 2.76. The Bertz CT molecular complexity index is 847. The van der Waals surface area contributed by atoms with E-state index in [1.165, 1.54) is 7.11 Å². The van der Waals surface area contributed by atoms with Gasteiger partial charge in [-0.15, -0.1) is 0 Å². The van der Waals surface area contributed by atoms with Crippen molar-refractivity contribution in [2.24, 2.45) is 5.92 Å². The fourth-order valence-corrected chi connectivity index (χ4v) is 3.55. The van der Waals surface area contributed by atoms with Crippen molar-refractivity contribution in [3.63, 3.8) is 0 Å². The van der Waals surface area contributed by atoms with Crippen LogP contribution < -0.4 is 10.2 Å². The lowest BCUT2D eigenvalue weighted by Gasteiger charge is -2.25. The maximum atomic E-state index is 13.2. The highest BCUT2D eigenvalue weighted by atomic mass is 16.5. The van der Waals surface area contributed by atoms with Crippen LogP contribution in [0, 0.1) is 5.92 Å². The van der Waals surface area contributed by atoms with Gasteiger partial charge in [0.1, 0.15) is 12.1 Å². The smallest absolute Gasteiger partial charge is 0.253 e. The van der Waals surface area contributed by atoms with Crippen LogP contribution in [0.2, 0.25) is 0 Å². The number of anilines is 1. The molecule has 5 nitrogen and oxygen atoms in total. The van der Waals surface area contributed by atoms with Crippen LogP contribution in [0.3, 0.4) is 0 Å². The van der Waals surface area contributed by atoms with Crippen LogP contribution in [0.15, 0.2) is 48.5 Å². The van der Waals surface area contributed by atoms with Crippen molar-refractivity contribution in [1.29, 1.82) is 0 Å². The van der Waals surface area contributed by atoms with Gasteiger partial charge in [-0.25, -0.2) is 0 Å². The molecule has 2 aromatic carbocycles. The van der Waals surface area contributed by atoms with E-state index < -0.39 is 12.1 Å². The Morgan fingerprint density at radius 1 is 1.11 bits per heavy atom. The van der Waals surface area contributed by atoms with Gasteiger partial charge in [0.25, 0.3) is 5.91 Å². The number of ether oxygens (including phenoxy) is 1. The monoisotopic (exact) mass is 366 g/mol. The SMILES string of the molecule is COC(CC(C)C)C(=O)N[C@@H]1C(=O)N(C)c2ccccc2-c2ccccc21. The Labute approximate surface area is 160 Å². The number of fused-ring (bicyclic) bond motifs is 3. The second-order valence-corrected chi connectivity index (χ2v) is 7.30. The van der Waals surface area contributed by atoms with E-state index in [4.69, 9.17) is 4.74 Å². The molecule has 1 heterocycles. The second-order valence-electron chi connectivity index (χ2n) is 7.30. The summed E-state index contributed by atoms with van der Waals surface area (Å²) in [6.45, 7) is 4.08. The highest BCUT2D eigenvalue weighted by Gasteiger charge is 2.34. The summed E-state index contributed by atoms with van der Waals surface area (Å²) in [4.78, 5) is 27.6. The van der Waals surface area contributed by atoms with Gasteiger partial charge in [-0.1, -0.05) is 56.3 Å². The predicted octanol–water partition coefficient (Wildman–Crippen LogP) is 3.55. The lowest BCUT2D eigenvalue weighted by atomic mass is 9.95. The van der Waals surface area contributed by atoms with Crippen LogP contribution >= 0.6 is 0 Å². The van der Waals surface area contributed by atoms with E-state index in [0.717, 1.165) is 22.4 Å². The normalized spacial score (nSPS) is 17.1. The molecule has 1 unspecified atom stereocenters. The zero-order valence-electron chi connectivity index (χ0n) is 16.2. The summed E-state index contributed by atoms with van der Waals surface area (Å²) < 4.78 is 5.37. The number of methoxy groups -OCH3 is 1. The molecule has 3 rings (SSSR count). The Morgan fingerprint density at radius 2 is 1.74 bits per heavy atom. The number of likely N-dealkylation sites (N-methyl/N-ethyl adjacent to an activating group) is 1. The zero-order chi connectivity index (χ0) is 19.6. The number of hydrogen-bond donors (Lipinski definition) is 1. The molecule has 0 saturated carbocycles. The maximum Gasteiger partial charge on any atom is 0.253 e. The average molecular weight is 366 g/mol. The van der Waals surface area contributed by atoms with E-state index in [1.807, 2.05) is 62.4 Å². The van der Waals surface area contributed by atoms with Gasteiger partial charge >= 0.3 is 0 Å². The summed E-state index contributed by atoms with van der Waals surface area (Å²) in [6.07, 6.45) is 0.0157. The molecule has 142 valence electrons. The Balaban J connectivity index is 2.01. The third-order valence-electron chi connectivity index (χ3n) is 4.95. The minimum Gasteiger partial charge on any atom is -0.372 e. The molecule has 1 aliphatic heterocycles. The van der Waals surface area contributed by atoms with Crippen molar-refractivity contribution < 1.29 is 14.3 Å². The first-order chi connectivity index (χ1) is 12.9. The molecular formula is C22H26N2O3. The van der Waals surface area contributed by atoms with Gasteiger partial charge in [0, 0.05) is 19.7 Å². The van der Waals surface area contributed by atoms with E-state index in [-0.39, 0.29) is 11.8 Å². The highest BCUT2D eigenvalue weighted by molar-refractivity contribution is 6.06. The van der Waals surface area contributed by atoms with Crippen molar-refractivity contribution in [3.05, 3.63) is 54.1 Å². The molecule has 0 aliphatic carbocycles. The first-order valence-corrected chi connectivity index (χ1v) is 9.23. The third-order valence-corrected chi connectivity index (χ3v) is 4.95. The molecule has 27 heavy (non-hydrogen) atoms. The molecule has 2 atom stereocenters. The number of carbonyl (C=O) groups excluding carboxylic acids is 2. The number of carbonyl (C=O) groups is 2. The van der Waals surface area contributed by atoms with E-state index in [2.05, 4.69) is 5.32 Å². The summed E-state index contributed by atoms with van der Waals surface area (Å²) in [5.74, 6) is -0.122. The zero-order valence-corrected chi connectivity index (χ0v) is 16.2. The van der Waals surface area contributed by atoms with Gasteiger partial charge in [-0.05, 0) is 29.5 Å². The van der Waals surface area contributed by atoms with Crippen LogP contribution in [0.5, 0.6) is 0 Å². The summed E-state index contributed by atoms with van der Waals surface area (Å²) in [7, 11) is 3.27. The molecule has 0 bridgehead atoms. The molecule has 0 radical (unpaired) electrons. The number of para-hydroxylation sites is 1. The van der Waals surface area contributed by atoms with Crippen molar-refractivity contribution in [2.75, 3.05) is 19.1 Å². The van der Waals surface area contributed by atoms with Gasteiger partial charge in [0.15, 0.2) is 0 Å². The number of nitrogens with zero attached hydrogens (tertiary/aromatic N) is 1. The van der Waals surface area contributed by atoms with Crippen LogP contribution in [0.25, 0.3) is 11.1 Å². The van der Waals surface area contributed by atoms with Gasteiger partial charge in [-0.2, -0.15) is 0 Å². The fourth-order valence-electron chi connectivity index (χ4n) is 3.55. The molecule has 0 spiro atoms. The number of amides is 2. The summed E-state index contributed by atoms with van der Waals surface area (Å²) in [5.41, 5.74) is 3.56. The summed E-state index contributed by atoms with van der Waals surface area (Å²) in [5, 5.41) is 2.93. The van der Waals surface area contributed by atoms with Crippen molar-refractivity contribution in [1.82, 2.24) is 5.32 Å². The van der Waals surface area contributed by atoms with E-state index in [9.17, 15) is 9.59 Å². The Kier molecular flexibility index (Phi) is 5.61. The van der Waals surface area contributed by atoms with Gasteiger partial charge < -0.3 is 15.0 Å². The highest BCUT2D eigenvalue weighted by Crippen LogP contribution is 2.39. The van der Waals surface area contributed by atoms with Crippen LogP contribution in [-0.4, -0.2) is 32.1 Å². The largest absolute Gasteiger partial charge is 0.372 e. The van der Waals surface area contributed by atoms with Gasteiger partial charge in [0.05, 0.1) is 5.69 Å². The molecule has 0 aromatic heterocycles. The number of hydrogen-bond acceptors (Lipinski definition) is 3. The number of benzene rings is 2. The third kappa shape index (κ3) is 3.74. The number of nitrogens with one attached hydrogen (secondary N) is 1. The Hall–Kier alpha value is -2.66. The maximum absolute atomic E-state index is 13.2. The second kappa shape index (κ2) is 7.92. The lowest BCUT2D eigenvalue weighted by Crippen LogP contribution is -2.45. The topological polar surface area (TPSA) is 58.6 Å². The van der Waals surface area contributed by atoms with Gasteiger partial charge in [-0.3, -0.25) is 9.59 Å². The molecular weight excluding hydrogens is 340 g/mol. The van der Waals surface area contributed by atoms with E-state index in [0.29, 0.717) is 12.3 Å². The molecule has 2 amide bonds. The first kappa shape index (κ1) is 19.1. The standard InChI is InChI=1S/C22H26N2O3/c1-14(2)13-19(27-4)21(25)23-20-17-11-6-5-9-15(17)16-10-7-8-12-18(16)24(3)22(20)26/h5-12,14,19-20H,13H2,1-4H3,(H,23,25)/t19?,20-/m0/s1. The molecule has 2 aromatic rings. The molecule has 0 saturated heterocycles. The molecule has 1 aliphatic rings. The molecule has 1 N–H and O–H groups in total. The minimum atomic E-state index is -0.754. The fraction of sp³-hybridized carbons (Fsp3) is 0.364. The molecule has 5 heteroatoms. The minimum absolute atomic E-state index is 0.167. The van der Waals surface area contributed by atoms with Crippen molar-refractivity contribution in [3.8, 4) is 11.1 Å². The summed E-state index contributed by atoms with van der Waals surface area (Å²) in [6, 6.07) is 14.8. The predicted molar refractivity (Wildman–Crippen MR) is 106 cm³/mol. The van der Waals surface area contributed by atoms with Crippen LogP contribution in [-0.2, 0) is 14.3 Å². The van der Waals surface area contributed by atoms with Crippen LogP contribution in [0.1, 0.15) is 31.9 Å². The first-order valence-electron chi connectivity index (χ1n) is 9.23. The quantitative estimate of drug-likeness (QED) is 0.880. The van der Waals surface area contributed by atoms with E-state index in [1.54, 1.807) is 11.9 Å². The van der Waals surface area contributed by atoms with Crippen molar-refractivity contribution in [2.45, 2.75) is 32.4 Å². The van der Waals surface area contributed by atoms with E-state index >= 15 is 0 Å². The van der Waals surface area contributed by atoms with Crippen LogP contribution in [0.4, 0.5) is 5.69 Å². The summed E-state index contributed by atoms with van der Waals surface area (Å²) >= 11 is 0. The Morgan fingerprint density at radius 3 is 2.41 bits per heavy atom. The lowest BCUT2D eigenvalue weighted by molar-refractivity contribution is -0.135. The van der Waals surface area contributed by atoms with Gasteiger partial charge in [0.2, 0.25) is 5.91 Å².